The molecule has 12 heavy (non-hydrogen) atoms. The smallest absolute Gasteiger partial charge is 0.0633 e. The highest BCUT2D eigenvalue weighted by Crippen LogP contribution is 2.02. The standard InChI is InChI=1S/C11H13N/c1-3-6-10-8-5-9-11(12-10)7-4-2/h3-9H,1-2H3. The van der Waals surface area contributed by atoms with E-state index in [2.05, 4.69) is 4.98 Å². The lowest BCUT2D eigenvalue weighted by Gasteiger charge is -1.94. The molecular formula is C11H13N. The van der Waals surface area contributed by atoms with E-state index in [1.54, 1.807) is 0 Å². The van der Waals surface area contributed by atoms with Gasteiger partial charge >= 0.3 is 0 Å². The quantitative estimate of drug-likeness (QED) is 0.646. The molecule has 0 N–H and O–H groups in total. The van der Waals surface area contributed by atoms with Crippen molar-refractivity contribution in [2.75, 3.05) is 0 Å². The largest absolute Gasteiger partial charge is 0.249 e. The van der Waals surface area contributed by atoms with Gasteiger partial charge in [-0.3, -0.25) is 0 Å². The number of aromatic nitrogens is 1. The molecule has 0 aliphatic carbocycles. The van der Waals surface area contributed by atoms with Crippen molar-refractivity contribution in [3.05, 3.63) is 41.7 Å². The van der Waals surface area contributed by atoms with Gasteiger partial charge in [-0.15, -0.1) is 0 Å². The zero-order chi connectivity index (χ0) is 8.81. The van der Waals surface area contributed by atoms with Gasteiger partial charge in [0.15, 0.2) is 0 Å². The molecule has 0 atom stereocenters. The molecule has 1 heteroatoms. The molecule has 1 heterocycles. The van der Waals surface area contributed by atoms with Gasteiger partial charge in [0.25, 0.3) is 0 Å². The topological polar surface area (TPSA) is 12.9 Å². The second-order valence-electron chi connectivity index (χ2n) is 2.49. The van der Waals surface area contributed by atoms with Gasteiger partial charge in [0.05, 0.1) is 11.4 Å². The number of hydrogen-bond acceptors (Lipinski definition) is 1. The van der Waals surface area contributed by atoms with E-state index in [1.165, 1.54) is 0 Å². The second-order valence-corrected chi connectivity index (χ2v) is 2.49. The molecule has 0 fully saturated rings. The third kappa shape index (κ3) is 2.35. The van der Waals surface area contributed by atoms with Crippen molar-refractivity contribution >= 4 is 12.2 Å². The molecule has 0 bridgehead atoms. The lowest BCUT2D eigenvalue weighted by Crippen LogP contribution is -1.83. The van der Waals surface area contributed by atoms with Crippen LogP contribution in [0.4, 0.5) is 0 Å². The van der Waals surface area contributed by atoms with Gasteiger partial charge in [0.1, 0.15) is 0 Å². The van der Waals surface area contributed by atoms with Gasteiger partial charge in [-0.25, -0.2) is 4.98 Å². The summed E-state index contributed by atoms with van der Waals surface area (Å²) in [5.74, 6) is 0. The SMILES string of the molecule is CC=Cc1cccc(C=CC)n1. The second kappa shape index (κ2) is 4.50. The van der Waals surface area contributed by atoms with Crippen molar-refractivity contribution < 1.29 is 0 Å². The average Bonchev–Trinajstić information content (AvgIpc) is 2.06. The first-order valence-electron chi connectivity index (χ1n) is 4.09. The Kier molecular flexibility index (Phi) is 3.27. The van der Waals surface area contributed by atoms with Gasteiger partial charge < -0.3 is 0 Å². The Labute approximate surface area is 73.5 Å². The fourth-order valence-corrected chi connectivity index (χ4v) is 0.996. The summed E-state index contributed by atoms with van der Waals surface area (Å²) < 4.78 is 0. The number of hydrogen-bond donors (Lipinski definition) is 0. The number of allylic oxidation sites excluding steroid dienone is 2. The molecule has 1 nitrogen and oxygen atoms in total. The summed E-state index contributed by atoms with van der Waals surface area (Å²) >= 11 is 0. The minimum absolute atomic E-state index is 1.01. The van der Waals surface area contributed by atoms with Crippen molar-refractivity contribution in [3.8, 4) is 0 Å². The molecule has 0 radical (unpaired) electrons. The Balaban J connectivity index is 2.95. The fourth-order valence-electron chi connectivity index (χ4n) is 0.996. The summed E-state index contributed by atoms with van der Waals surface area (Å²) in [7, 11) is 0. The highest BCUT2D eigenvalue weighted by Gasteiger charge is 1.88. The summed E-state index contributed by atoms with van der Waals surface area (Å²) in [6.45, 7) is 3.98. The molecule has 0 aliphatic heterocycles. The summed E-state index contributed by atoms with van der Waals surface area (Å²) in [5, 5.41) is 0. The van der Waals surface area contributed by atoms with E-state index in [-0.39, 0.29) is 0 Å². The van der Waals surface area contributed by atoms with E-state index < -0.39 is 0 Å². The van der Waals surface area contributed by atoms with E-state index in [4.69, 9.17) is 0 Å². The van der Waals surface area contributed by atoms with Crippen LogP contribution >= 0.6 is 0 Å². The highest BCUT2D eigenvalue weighted by atomic mass is 14.7. The molecular weight excluding hydrogens is 146 g/mol. The van der Waals surface area contributed by atoms with E-state index in [0.717, 1.165) is 11.4 Å². The van der Waals surface area contributed by atoms with Crippen LogP contribution in [0.2, 0.25) is 0 Å². The number of nitrogens with zero attached hydrogens (tertiary/aromatic N) is 1. The van der Waals surface area contributed by atoms with Crippen molar-refractivity contribution in [2.24, 2.45) is 0 Å². The molecule has 1 rings (SSSR count). The van der Waals surface area contributed by atoms with Crippen molar-refractivity contribution in [3.63, 3.8) is 0 Å². The Bertz CT molecular complexity index is 270. The van der Waals surface area contributed by atoms with Crippen molar-refractivity contribution in [2.45, 2.75) is 13.8 Å². The van der Waals surface area contributed by atoms with E-state index in [9.17, 15) is 0 Å². The van der Waals surface area contributed by atoms with Gasteiger partial charge in [-0.1, -0.05) is 18.2 Å². The Hall–Kier alpha value is -1.37. The summed E-state index contributed by atoms with van der Waals surface area (Å²) in [5.41, 5.74) is 2.02. The summed E-state index contributed by atoms with van der Waals surface area (Å²) in [4.78, 5) is 4.38. The van der Waals surface area contributed by atoms with Gasteiger partial charge in [0.2, 0.25) is 0 Å². The molecule has 0 unspecified atom stereocenters. The van der Waals surface area contributed by atoms with Crippen LogP contribution in [0, 0.1) is 0 Å². The maximum absolute atomic E-state index is 4.38. The normalized spacial score (nSPS) is 11.5. The predicted octanol–water partition coefficient (Wildman–Crippen LogP) is 3.15. The van der Waals surface area contributed by atoms with Crippen LogP contribution in [0.25, 0.3) is 12.2 Å². The Morgan fingerprint density at radius 3 is 1.92 bits per heavy atom. The molecule has 0 amide bonds. The van der Waals surface area contributed by atoms with E-state index in [1.807, 2.05) is 56.4 Å². The zero-order valence-electron chi connectivity index (χ0n) is 7.49. The Morgan fingerprint density at radius 2 is 1.50 bits per heavy atom. The van der Waals surface area contributed by atoms with E-state index >= 15 is 0 Å². The molecule has 0 aliphatic rings. The van der Waals surface area contributed by atoms with Crippen LogP contribution in [-0.4, -0.2) is 4.98 Å². The minimum Gasteiger partial charge on any atom is -0.249 e. The number of rotatable bonds is 2. The van der Waals surface area contributed by atoms with Crippen LogP contribution in [-0.2, 0) is 0 Å². The minimum atomic E-state index is 1.01. The molecule has 62 valence electrons. The molecule has 0 saturated carbocycles. The maximum Gasteiger partial charge on any atom is 0.0633 e. The van der Waals surface area contributed by atoms with Crippen LogP contribution < -0.4 is 0 Å². The summed E-state index contributed by atoms with van der Waals surface area (Å²) in [6, 6.07) is 6.00. The summed E-state index contributed by atoms with van der Waals surface area (Å²) in [6.07, 6.45) is 7.96. The van der Waals surface area contributed by atoms with E-state index in [0.29, 0.717) is 0 Å². The first kappa shape index (κ1) is 8.72. The predicted molar refractivity (Wildman–Crippen MR) is 53.7 cm³/mol. The zero-order valence-corrected chi connectivity index (χ0v) is 7.49. The molecule has 0 aromatic carbocycles. The highest BCUT2D eigenvalue weighted by molar-refractivity contribution is 5.50. The number of pyridine rings is 1. The van der Waals surface area contributed by atoms with Crippen LogP contribution in [0.3, 0.4) is 0 Å². The average molecular weight is 159 g/mol. The first-order chi connectivity index (χ1) is 5.86. The van der Waals surface area contributed by atoms with Crippen molar-refractivity contribution in [1.82, 2.24) is 4.98 Å². The molecule has 0 spiro atoms. The van der Waals surface area contributed by atoms with Crippen molar-refractivity contribution in [1.29, 1.82) is 0 Å². The lowest BCUT2D eigenvalue weighted by atomic mass is 10.3. The maximum atomic E-state index is 4.38. The Morgan fingerprint density at radius 1 is 1.00 bits per heavy atom. The monoisotopic (exact) mass is 159 g/mol. The van der Waals surface area contributed by atoms with Gasteiger partial charge in [-0.05, 0) is 38.1 Å². The van der Waals surface area contributed by atoms with Gasteiger partial charge in [0, 0.05) is 0 Å². The lowest BCUT2D eigenvalue weighted by molar-refractivity contribution is 1.26. The molecule has 1 aromatic rings. The van der Waals surface area contributed by atoms with Crippen LogP contribution in [0.15, 0.2) is 30.4 Å². The fraction of sp³-hybridized carbons (Fsp3) is 0.182. The van der Waals surface area contributed by atoms with Crippen LogP contribution in [0.1, 0.15) is 25.2 Å². The first-order valence-corrected chi connectivity index (χ1v) is 4.09. The third-order valence-electron chi connectivity index (χ3n) is 1.47. The third-order valence-corrected chi connectivity index (χ3v) is 1.47. The molecule has 0 saturated heterocycles. The molecule has 1 aromatic heterocycles. The van der Waals surface area contributed by atoms with Crippen LogP contribution in [0.5, 0.6) is 0 Å². The van der Waals surface area contributed by atoms with Gasteiger partial charge in [-0.2, -0.15) is 0 Å².